The standard InChI is InChI=1S/C10H25N3O2Si/c1-7-9(2,3)10(4,13-8(11)12)16(14-5)15-6/h16H,7H2,1-6H3,(H4,11,12,13). The Balaban J connectivity index is 5.24. The van der Waals surface area contributed by atoms with E-state index in [4.69, 9.17) is 20.0 Å². The van der Waals surface area contributed by atoms with Gasteiger partial charge in [-0.15, -0.1) is 0 Å². The Labute approximate surface area is 100 Å². The van der Waals surface area contributed by atoms with Crippen LogP contribution in [-0.2, 0) is 8.85 Å². The maximum absolute atomic E-state index is 7.43. The van der Waals surface area contributed by atoms with Crippen molar-refractivity contribution in [1.82, 2.24) is 5.32 Å². The number of nitrogens with two attached hydrogens (primary N) is 1. The Morgan fingerprint density at radius 3 is 2.00 bits per heavy atom. The molecule has 0 bridgehead atoms. The maximum Gasteiger partial charge on any atom is 0.347 e. The molecule has 1 atom stereocenters. The third kappa shape index (κ3) is 2.96. The molecule has 0 aromatic rings. The molecule has 0 spiro atoms. The minimum Gasteiger partial charge on any atom is -0.399 e. The van der Waals surface area contributed by atoms with Gasteiger partial charge in [-0.1, -0.05) is 20.8 Å². The normalized spacial score (nSPS) is 15.9. The largest absolute Gasteiger partial charge is 0.399 e. The first-order chi connectivity index (χ1) is 7.25. The molecule has 0 aromatic carbocycles. The Bertz CT molecular complexity index is 244. The molecule has 0 aromatic heterocycles. The van der Waals surface area contributed by atoms with Crippen molar-refractivity contribution in [2.45, 2.75) is 39.3 Å². The van der Waals surface area contributed by atoms with E-state index in [0.717, 1.165) is 6.42 Å². The predicted octanol–water partition coefficient (Wildman–Crippen LogP) is 0.717. The van der Waals surface area contributed by atoms with Crippen LogP contribution in [0.2, 0.25) is 0 Å². The van der Waals surface area contributed by atoms with E-state index in [1.165, 1.54) is 0 Å². The zero-order valence-corrected chi connectivity index (χ0v) is 12.3. The monoisotopic (exact) mass is 247 g/mol. The van der Waals surface area contributed by atoms with E-state index in [9.17, 15) is 0 Å². The Morgan fingerprint density at radius 2 is 1.75 bits per heavy atom. The van der Waals surface area contributed by atoms with Crippen LogP contribution in [0.3, 0.4) is 0 Å². The predicted molar refractivity (Wildman–Crippen MR) is 68.7 cm³/mol. The molecule has 4 N–H and O–H groups in total. The molecular weight excluding hydrogens is 222 g/mol. The summed E-state index contributed by atoms with van der Waals surface area (Å²) in [6, 6.07) is 0. The average Bonchev–Trinajstić information content (AvgIpc) is 2.18. The summed E-state index contributed by atoms with van der Waals surface area (Å²) in [7, 11) is 1.34. The van der Waals surface area contributed by atoms with Crippen molar-refractivity contribution in [2.75, 3.05) is 14.2 Å². The molecule has 0 aliphatic heterocycles. The molecule has 0 fully saturated rings. The van der Waals surface area contributed by atoms with Gasteiger partial charge in [0.05, 0.1) is 5.16 Å². The van der Waals surface area contributed by atoms with Crippen LogP contribution in [0, 0.1) is 10.8 Å². The van der Waals surface area contributed by atoms with Crippen LogP contribution in [0.15, 0.2) is 0 Å². The highest BCUT2D eigenvalue weighted by atomic mass is 28.3. The average molecular weight is 247 g/mol. The molecule has 6 heteroatoms. The Hall–Kier alpha value is -0.593. The number of hydrogen-bond acceptors (Lipinski definition) is 3. The van der Waals surface area contributed by atoms with Crippen LogP contribution in [0.1, 0.15) is 34.1 Å². The van der Waals surface area contributed by atoms with Gasteiger partial charge in [0.1, 0.15) is 0 Å². The molecule has 0 heterocycles. The molecule has 1 unspecified atom stereocenters. The van der Waals surface area contributed by atoms with Crippen LogP contribution in [0.4, 0.5) is 0 Å². The second-order valence-corrected chi connectivity index (χ2v) is 7.54. The van der Waals surface area contributed by atoms with E-state index in [1.807, 2.05) is 6.92 Å². The van der Waals surface area contributed by atoms with Crippen molar-refractivity contribution in [3.05, 3.63) is 0 Å². The van der Waals surface area contributed by atoms with Crippen molar-refractivity contribution in [1.29, 1.82) is 5.41 Å². The van der Waals surface area contributed by atoms with Gasteiger partial charge in [-0.3, -0.25) is 5.41 Å². The summed E-state index contributed by atoms with van der Waals surface area (Å²) < 4.78 is 10.9. The number of hydrogen-bond donors (Lipinski definition) is 3. The lowest BCUT2D eigenvalue weighted by Crippen LogP contribution is -2.67. The molecule has 5 nitrogen and oxygen atoms in total. The topological polar surface area (TPSA) is 80.4 Å². The van der Waals surface area contributed by atoms with Crippen molar-refractivity contribution < 1.29 is 8.85 Å². The first-order valence-electron chi connectivity index (χ1n) is 5.43. The van der Waals surface area contributed by atoms with Gasteiger partial charge in [0.15, 0.2) is 5.96 Å². The second kappa shape index (κ2) is 5.65. The third-order valence-corrected chi connectivity index (χ3v) is 6.31. The fourth-order valence-electron chi connectivity index (χ4n) is 1.76. The third-order valence-electron chi connectivity index (χ3n) is 3.58. The number of guanidine groups is 1. The maximum atomic E-state index is 7.43. The summed E-state index contributed by atoms with van der Waals surface area (Å²) in [5.41, 5.74) is 5.39. The molecule has 0 radical (unpaired) electrons. The lowest BCUT2D eigenvalue weighted by molar-refractivity contribution is 0.150. The summed E-state index contributed by atoms with van der Waals surface area (Å²) in [6.07, 6.45) is 0.944. The van der Waals surface area contributed by atoms with Crippen molar-refractivity contribution in [3.63, 3.8) is 0 Å². The smallest absolute Gasteiger partial charge is 0.347 e. The minimum absolute atomic E-state index is 0.0457. The molecule has 16 heavy (non-hydrogen) atoms. The second-order valence-electron chi connectivity index (χ2n) is 4.78. The van der Waals surface area contributed by atoms with Gasteiger partial charge in [-0.2, -0.15) is 0 Å². The van der Waals surface area contributed by atoms with Gasteiger partial charge in [-0.05, 0) is 18.8 Å². The Morgan fingerprint density at radius 1 is 1.31 bits per heavy atom. The van der Waals surface area contributed by atoms with Crippen LogP contribution >= 0.6 is 0 Å². The highest BCUT2D eigenvalue weighted by molar-refractivity contribution is 6.49. The molecule has 0 saturated carbocycles. The zero-order chi connectivity index (χ0) is 13.0. The van der Waals surface area contributed by atoms with Crippen molar-refractivity contribution in [2.24, 2.45) is 11.1 Å². The van der Waals surface area contributed by atoms with Crippen molar-refractivity contribution >= 4 is 15.2 Å². The summed E-state index contributed by atoms with van der Waals surface area (Å²) in [5, 5.41) is 10.0. The van der Waals surface area contributed by atoms with Gasteiger partial charge in [-0.25, -0.2) is 0 Å². The van der Waals surface area contributed by atoms with Gasteiger partial charge in [0, 0.05) is 14.2 Å². The van der Waals surface area contributed by atoms with Gasteiger partial charge in [0.2, 0.25) is 0 Å². The minimum atomic E-state index is -1.95. The van der Waals surface area contributed by atoms with Crippen LogP contribution in [0.5, 0.6) is 0 Å². The fourth-order valence-corrected chi connectivity index (χ4v) is 4.01. The van der Waals surface area contributed by atoms with E-state index >= 15 is 0 Å². The molecule has 0 saturated heterocycles. The quantitative estimate of drug-likeness (QED) is 0.367. The van der Waals surface area contributed by atoms with Gasteiger partial charge >= 0.3 is 9.28 Å². The number of nitrogens with one attached hydrogen (secondary N) is 2. The van der Waals surface area contributed by atoms with E-state index in [-0.39, 0.29) is 11.4 Å². The lowest BCUT2D eigenvalue weighted by Gasteiger charge is -2.46. The van der Waals surface area contributed by atoms with Crippen LogP contribution < -0.4 is 11.1 Å². The van der Waals surface area contributed by atoms with Gasteiger partial charge in [0.25, 0.3) is 0 Å². The highest BCUT2D eigenvalue weighted by Gasteiger charge is 2.49. The lowest BCUT2D eigenvalue weighted by atomic mass is 9.82. The van der Waals surface area contributed by atoms with E-state index in [1.54, 1.807) is 14.2 Å². The summed E-state index contributed by atoms with van der Waals surface area (Å²) in [4.78, 5) is 0. The van der Waals surface area contributed by atoms with E-state index in [0.29, 0.717) is 0 Å². The summed E-state index contributed by atoms with van der Waals surface area (Å²) >= 11 is 0. The van der Waals surface area contributed by atoms with Crippen molar-refractivity contribution in [3.8, 4) is 0 Å². The molecule has 96 valence electrons. The number of rotatable bonds is 6. The Kier molecular flexibility index (Phi) is 5.44. The SMILES string of the molecule is CCC(C)(C)C(C)(NC(=N)N)[SiH](OC)OC. The first kappa shape index (κ1) is 15.4. The molecule has 0 rings (SSSR count). The first-order valence-corrected chi connectivity index (χ1v) is 6.95. The van der Waals surface area contributed by atoms with E-state index in [2.05, 4.69) is 26.1 Å². The van der Waals surface area contributed by atoms with Gasteiger partial charge < -0.3 is 19.9 Å². The molecular formula is C10H25N3O2Si. The summed E-state index contributed by atoms with van der Waals surface area (Å²) in [6.45, 7) is 8.38. The zero-order valence-electron chi connectivity index (χ0n) is 11.2. The molecule has 0 aliphatic carbocycles. The molecule has 0 amide bonds. The van der Waals surface area contributed by atoms with Crippen LogP contribution in [-0.4, -0.2) is 34.6 Å². The highest BCUT2D eigenvalue weighted by Crippen LogP contribution is 2.36. The van der Waals surface area contributed by atoms with E-state index < -0.39 is 14.4 Å². The summed E-state index contributed by atoms with van der Waals surface area (Å²) in [5.74, 6) is -0.0457. The fraction of sp³-hybridized carbons (Fsp3) is 0.900. The molecule has 0 aliphatic rings. The van der Waals surface area contributed by atoms with Crippen LogP contribution in [0.25, 0.3) is 0 Å².